The van der Waals surface area contributed by atoms with Gasteiger partial charge in [-0.05, 0) is 32.9 Å². The average Bonchev–Trinajstić information content (AvgIpc) is 2.14. The molecular weight excluding hydrogens is 204 g/mol. The first-order valence-corrected chi connectivity index (χ1v) is 6.00. The lowest BCUT2D eigenvalue weighted by Gasteiger charge is -2.23. The van der Waals surface area contributed by atoms with Crippen molar-refractivity contribution in [2.24, 2.45) is 5.92 Å². The molecule has 0 bridgehead atoms. The zero-order chi connectivity index (χ0) is 12.7. The van der Waals surface area contributed by atoms with Gasteiger partial charge in [0.1, 0.15) is 0 Å². The van der Waals surface area contributed by atoms with Crippen molar-refractivity contribution in [3.8, 4) is 0 Å². The fraction of sp³-hybridized carbons (Fsp3) is 0.917. The van der Waals surface area contributed by atoms with E-state index in [1.54, 1.807) is 0 Å². The van der Waals surface area contributed by atoms with E-state index in [4.69, 9.17) is 0 Å². The summed E-state index contributed by atoms with van der Waals surface area (Å²) in [5.41, 5.74) is 0. The van der Waals surface area contributed by atoms with Gasteiger partial charge in [-0.3, -0.25) is 9.69 Å². The molecule has 1 amide bonds. The van der Waals surface area contributed by atoms with E-state index in [0.29, 0.717) is 12.5 Å². The predicted molar refractivity (Wildman–Crippen MR) is 66.2 cm³/mol. The van der Waals surface area contributed by atoms with E-state index in [1.165, 1.54) is 0 Å². The van der Waals surface area contributed by atoms with Gasteiger partial charge in [0.2, 0.25) is 5.91 Å². The third-order valence-electron chi connectivity index (χ3n) is 2.57. The zero-order valence-electron chi connectivity index (χ0n) is 11.2. The summed E-state index contributed by atoms with van der Waals surface area (Å²) in [6.45, 7) is 6.44. The molecule has 0 radical (unpaired) electrons. The molecular formula is C12H26N2O2. The molecule has 4 heteroatoms. The second-order valence-electron chi connectivity index (χ2n) is 4.92. The molecule has 0 aliphatic heterocycles. The fourth-order valence-electron chi connectivity index (χ4n) is 1.75. The molecule has 0 aliphatic carbocycles. The Morgan fingerprint density at radius 2 is 1.94 bits per heavy atom. The highest BCUT2D eigenvalue weighted by Crippen LogP contribution is 2.04. The molecule has 0 rings (SSSR count). The van der Waals surface area contributed by atoms with Crippen molar-refractivity contribution in [3.63, 3.8) is 0 Å². The molecule has 0 fully saturated rings. The Hall–Kier alpha value is -0.610. The number of likely N-dealkylation sites (N-methyl/N-ethyl adjacent to an activating group) is 1. The number of aliphatic hydroxyl groups is 1. The van der Waals surface area contributed by atoms with Crippen LogP contribution in [-0.4, -0.2) is 48.7 Å². The molecule has 0 saturated carbocycles. The summed E-state index contributed by atoms with van der Waals surface area (Å²) in [4.78, 5) is 13.6. The van der Waals surface area contributed by atoms with Gasteiger partial charge in [0, 0.05) is 6.54 Å². The standard InChI is InChI=1S/C12H26N2O2/c1-6-11(14(4)5)12(16)13-8-10(15)7-9(2)3/h9-11,15H,6-8H2,1-5H3,(H,13,16). The number of rotatable bonds is 7. The third-order valence-corrected chi connectivity index (χ3v) is 2.57. The average molecular weight is 230 g/mol. The SMILES string of the molecule is CCC(C(=O)NCC(O)CC(C)C)N(C)C. The van der Waals surface area contributed by atoms with E-state index in [2.05, 4.69) is 19.2 Å². The highest BCUT2D eigenvalue weighted by atomic mass is 16.3. The van der Waals surface area contributed by atoms with Crippen LogP contribution in [0.5, 0.6) is 0 Å². The van der Waals surface area contributed by atoms with Crippen LogP contribution in [0.15, 0.2) is 0 Å². The van der Waals surface area contributed by atoms with E-state index in [9.17, 15) is 9.90 Å². The maximum absolute atomic E-state index is 11.7. The van der Waals surface area contributed by atoms with Crippen LogP contribution in [-0.2, 0) is 4.79 Å². The third kappa shape index (κ3) is 6.08. The van der Waals surface area contributed by atoms with Gasteiger partial charge in [-0.2, -0.15) is 0 Å². The van der Waals surface area contributed by atoms with Gasteiger partial charge in [0.05, 0.1) is 12.1 Å². The van der Waals surface area contributed by atoms with E-state index >= 15 is 0 Å². The minimum atomic E-state index is -0.441. The largest absolute Gasteiger partial charge is 0.391 e. The van der Waals surface area contributed by atoms with Crippen LogP contribution in [0.4, 0.5) is 0 Å². The zero-order valence-corrected chi connectivity index (χ0v) is 11.2. The number of hydrogen-bond donors (Lipinski definition) is 2. The first kappa shape index (κ1) is 15.4. The van der Waals surface area contributed by atoms with Gasteiger partial charge >= 0.3 is 0 Å². The van der Waals surface area contributed by atoms with Gasteiger partial charge in [0.15, 0.2) is 0 Å². The van der Waals surface area contributed by atoms with Crippen LogP contribution >= 0.6 is 0 Å². The van der Waals surface area contributed by atoms with Crippen molar-refractivity contribution in [3.05, 3.63) is 0 Å². The number of carbonyl (C=O) groups excluding carboxylic acids is 1. The second-order valence-corrected chi connectivity index (χ2v) is 4.92. The van der Waals surface area contributed by atoms with Gasteiger partial charge in [-0.1, -0.05) is 20.8 Å². The molecule has 0 aromatic rings. The monoisotopic (exact) mass is 230 g/mol. The van der Waals surface area contributed by atoms with Crippen molar-refractivity contribution in [1.29, 1.82) is 0 Å². The molecule has 0 aliphatic rings. The molecule has 96 valence electrons. The summed E-state index contributed by atoms with van der Waals surface area (Å²) in [6, 6.07) is -0.105. The molecule has 0 aromatic heterocycles. The first-order chi connectivity index (χ1) is 7.38. The lowest BCUT2D eigenvalue weighted by molar-refractivity contribution is -0.126. The summed E-state index contributed by atoms with van der Waals surface area (Å²) >= 11 is 0. The van der Waals surface area contributed by atoms with Crippen LogP contribution in [0.2, 0.25) is 0 Å². The molecule has 0 aromatic carbocycles. The van der Waals surface area contributed by atoms with Gasteiger partial charge in [0.25, 0.3) is 0 Å². The minimum absolute atomic E-state index is 0.00435. The Bertz CT molecular complexity index is 205. The summed E-state index contributed by atoms with van der Waals surface area (Å²) < 4.78 is 0. The quantitative estimate of drug-likeness (QED) is 0.682. The van der Waals surface area contributed by atoms with Gasteiger partial charge < -0.3 is 10.4 Å². The van der Waals surface area contributed by atoms with E-state index in [-0.39, 0.29) is 11.9 Å². The Balaban J connectivity index is 3.96. The maximum Gasteiger partial charge on any atom is 0.237 e. The highest BCUT2D eigenvalue weighted by molar-refractivity contribution is 5.81. The molecule has 0 saturated heterocycles. The Morgan fingerprint density at radius 1 is 1.38 bits per heavy atom. The smallest absolute Gasteiger partial charge is 0.237 e. The van der Waals surface area contributed by atoms with Crippen molar-refractivity contribution in [1.82, 2.24) is 10.2 Å². The van der Waals surface area contributed by atoms with E-state index < -0.39 is 6.10 Å². The number of nitrogens with zero attached hydrogens (tertiary/aromatic N) is 1. The molecule has 16 heavy (non-hydrogen) atoms. The topological polar surface area (TPSA) is 52.6 Å². The first-order valence-electron chi connectivity index (χ1n) is 6.00. The van der Waals surface area contributed by atoms with Crippen LogP contribution in [0.3, 0.4) is 0 Å². The summed E-state index contributed by atoms with van der Waals surface area (Å²) in [6.07, 6.45) is 1.06. The normalized spacial score (nSPS) is 15.2. The lowest BCUT2D eigenvalue weighted by atomic mass is 10.1. The molecule has 0 spiro atoms. The van der Waals surface area contributed by atoms with Crippen molar-refractivity contribution in [2.45, 2.75) is 45.8 Å². The number of nitrogens with one attached hydrogen (secondary N) is 1. The molecule has 4 nitrogen and oxygen atoms in total. The van der Waals surface area contributed by atoms with Gasteiger partial charge in [-0.15, -0.1) is 0 Å². The van der Waals surface area contributed by atoms with E-state index in [1.807, 2.05) is 25.9 Å². The summed E-state index contributed by atoms with van der Waals surface area (Å²) in [5.74, 6) is 0.443. The van der Waals surface area contributed by atoms with Crippen LogP contribution < -0.4 is 5.32 Å². The van der Waals surface area contributed by atoms with Crippen LogP contribution in [0.25, 0.3) is 0 Å². The number of amides is 1. The van der Waals surface area contributed by atoms with E-state index in [0.717, 1.165) is 12.8 Å². The van der Waals surface area contributed by atoms with Crippen molar-refractivity contribution in [2.75, 3.05) is 20.6 Å². The summed E-state index contributed by atoms with van der Waals surface area (Å²) in [5, 5.41) is 12.4. The van der Waals surface area contributed by atoms with Crippen LogP contribution in [0, 0.1) is 5.92 Å². The Kier molecular flexibility index (Phi) is 7.34. The predicted octanol–water partition coefficient (Wildman–Crippen LogP) is 0.850. The maximum atomic E-state index is 11.7. The van der Waals surface area contributed by atoms with Crippen molar-refractivity contribution < 1.29 is 9.90 Å². The number of aliphatic hydroxyl groups excluding tert-OH is 1. The Labute approximate surface area is 99.0 Å². The second kappa shape index (κ2) is 7.63. The highest BCUT2D eigenvalue weighted by Gasteiger charge is 2.19. The van der Waals surface area contributed by atoms with Gasteiger partial charge in [-0.25, -0.2) is 0 Å². The fourth-order valence-corrected chi connectivity index (χ4v) is 1.75. The molecule has 0 heterocycles. The summed E-state index contributed by atoms with van der Waals surface area (Å²) in [7, 11) is 3.77. The molecule has 2 N–H and O–H groups in total. The molecule has 2 unspecified atom stereocenters. The van der Waals surface area contributed by atoms with Crippen molar-refractivity contribution >= 4 is 5.91 Å². The van der Waals surface area contributed by atoms with Crippen LogP contribution in [0.1, 0.15) is 33.6 Å². The number of carbonyl (C=O) groups is 1. The minimum Gasteiger partial charge on any atom is -0.391 e. The lowest BCUT2D eigenvalue weighted by Crippen LogP contribution is -2.45. The number of hydrogen-bond acceptors (Lipinski definition) is 3. The Morgan fingerprint density at radius 3 is 2.31 bits per heavy atom. The molecule has 2 atom stereocenters.